The summed E-state index contributed by atoms with van der Waals surface area (Å²) >= 11 is 0. The highest BCUT2D eigenvalue weighted by Crippen LogP contribution is 2.40. The summed E-state index contributed by atoms with van der Waals surface area (Å²) in [5.74, 6) is -1.29. The van der Waals surface area contributed by atoms with Gasteiger partial charge in [0.25, 0.3) is 0 Å². The second kappa shape index (κ2) is 6.40. The van der Waals surface area contributed by atoms with Crippen molar-refractivity contribution in [1.29, 1.82) is 0 Å². The van der Waals surface area contributed by atoms with Crippen LogP contribution in [-0.4, -0.2) is 35.4 Å². The third-order valence-corrected chi connectivity index (χ3v) is 4.28. The van der Waals surface area contributed by atoms with E-state index in [1.54, 1.807) is 6.92 Å². The first-order valence-corrected chi connectivity index (χ1v) is 7.38. The zero-order valence-electron chi connectivity index (χ0n) is 13.0. The van der Waals surface area contributed by atoms with E-state index in [2.05, 4.69) is 0 Å². The van der Waals surface area contributed by atoms with Gasteiger partial charge < -0.3 is 15.7 Å². The monoisotopic (exact) mass is 370 g/mol. The second-order valence-corrected chi connectivity index (χ2v) is 5.98. The molecule has 0 aromatic heterocycles. The lowest BCUT2D eigenvalue weighted by atomic mass is 10.0. The normalized spacial score (nSPS) is 23.0. The number of rotatable bonds is 3. The van der Waals surface area contributed by atoms with Crippen LogP contribution in [-0.2, 0) is 6.18 Å². The fraction of sp³-hybridized carbons (Fsp3) is 0.533. The number of aliphatic hydroxyl groups excluding tert-OH is 1. The van der Waals surface area contributed by atoms with E-state index in [1.807, 2.05) is 0 Å². The van der Waals surface area contributed by atoms with E-state index in [0.29, 0.717) is 6.07 Å². The molecule has 1 aliphatic heterocycles. The summed E-state index contributed by atoms with van der Waals surface area (Å²) in [4.78, 5) is 12.3. The molecule has 25 heavy (non-hydrogen) atoms. The van der Waals surface area contributed by atoms with Gasteiger partial charge in [0, 0.05) is 11.7 Å². The molecule has 1 heterocycles. The molecule has 4 nitrogen and oxygen atoms in total. The fourth-order valence-corrected chi connectivity index (χ4v) is 3.13. The average Bonchev–Trinajstić information content (AvgIpc) is 2.85. The first-order chi connectivity index (χ1) is 11.3. The molecule has 0 aliphatic carbocycles. The number of aliphatic hydroxyl groups is 1. The van der Waals surface area contributed by atoms with Gasteiger partial charge in [-0.25, -0.2) is 0 Å². The van der Waals surface area contributed by atoms with Crippen LogP contribution in [0.1, 0.15) is 35.7 Å². The molecule has 3 N–H and O–H groups in total. The fourth-order valence-electron chi connectivity index (χ4n) is 3.13. The van der Waals surface area contributed by atoms with Crippen molar-refractivity contribution >= 4 is 11.6 Å². The van der Waals surface area contributed by atoms with Gasteiger partial charge in [-0.2, -0.15) is 26.3 Å². The molecule has 1 amide bonds. The number of alkyl halides is 6. The highest BCUT2D eigenvalue weighted by atomic mass is 19.4. The number of primary amides is 1. The quantitative estimate of drug-likeness (QED) is 0.804. The summed E-state index contributed by atoms with van der Waals surface area (Å²) in [7, 11) is 0. The van der Waals surface area contributed by atoms with E-state index in [1.165, 1.54) is 0 Å². The Bertz CT molecular complexity index is 658. The number of carbonyl (C=O) groups is 1. The molecular formula is C15H16F6N2O2. The van der Waals surface area contributed by atoms with Crippen LogP contribution in [0.15, 0.2) is 18.2 Å². The second-order valence-electron chi connectivity index (χ2n) is 5.98. The Balaban J connectivity index is 2.50. The van der Waals surface area contributed by atoms with E-state index in [-0.39, 0.29) is 18.5 Å². The molecule has 1 saturated heterocycles. The number of benzene rings is 1. The number of hydrogen-bond acceptors (Lipinski definition) is 3. The summed E-state index contributed by atoms with van der Waals surface area (Å²) in [5, 5.41) is 9.54. The van der Waals surface area contributed by atoms with Gasteiger partial charge in [-0.3, -0.25) is 4.79 Å². The number of halogens is 6. The van der Waals surface area contributed by atoms with Crippen LogP contribution in [0.25, 0.3) is 0 Å². The predicted molar refractivity (Wildman–Crippen MR) is 77.0 cm³/mol. The lowest BCUT2D eigenvalue weighted by Crippen LogP contribution is -2.49. The number of carbonyl (C=O) groups excluding carboxylic acids is 1. The highest BCUT2D eigenvalue weighted by Gasteiger charge is 2.49. The summed E-state index contributed by atoms with van der Waals surface area (Å²) in [6, 6.07) is 0.617. The van der Waals surface area contributed by atoms with Gasteiger partial charge in [-0.05, 0) is 38.0 Å². The maximum Gasteiger partial charge on any atom is 0.417 e. The Morgan fingerprint density at radius 1 is 1.24 bits per heavy atom. The third kappa shape index (κ3) is 3.83. The van der Waals surface area contributed by atoms with Crippen molar-refractivity contribution in [3.05, 3.63) is 29.3 Å². The van der Waals surface area contributed by atoms with Crippen LogP contribution in [0.5, 0.6) is 0 Å². The van der Waals surface area contributed by atoms with Gasteiger partial charge in [-0.1, -0.05) is 0 Å². The zero-order chi connectivity index (χ0) is 19.2. The molecule has 0 saturated carbocycles. The van der Waals surface area contributed by atoms with Crippen molar-refractivity contribution in [3.63, 3.8) is 0 Å². The molecule has 10 heteroatoms. The smallest absolute Gasteiger partial charge is 0.382 e. The van der Waals surface area contributed by atoms with E-state index in [0.717, 1.165) is 17.0 Å². The average molecular weight is 370 g/mol. The summed E-state index contributed by atoms with van der Waals surface area (Å²) in [5.41, 5.74) is 2.69. The van der Waals surface area contributed by atoms with Gasteiger partial charge in [0.15, 0.2) is 6.10 Å². The SMILES string of the molecule is C[C@@H]1CC[C@H]([C@H](O)C(F)(F)F)N1c1ccc(C(N)=O)c(C(F)(F)F)c1. The lowest BCUT2D eigenvalue weighted by molar-refractivity contribution is -0.209. The maximum atomic E-state index is 13.2. The number of amides is 1. The van der Waals surface area contributed by atoms with Gasteiger partial charge >= 0.3 is 12.4 Å². The molecule has 2 rings (SSSR count). The van der Waals surface area contributed by atoms with Crippen molar-refractivity contribution < 1.29 is 36.2 Å². The number of nitrogens with two attached hydrogens (primary N) is 1. The van der Waals surface area contributed by atoms with E-state index in [4.69, 9.17) is 5.73 Å². The minimum atomic E-state index is -4.90. The van der Waals surface area contributed by atoms with Gasteiger partial charge in [0.1, 0.15) is 0 Å². The molecular weight excluding hydrogens is 354 g/mol. The van der Waals surface area contributed by atoms with Crippen LogP contribution in [0, 0.1) is 0 Å². The first kappa shape index (κ1) is 19.4. The lowest BCUT2D eigenvalue weighted by Gasteiger charge is -2.34. The van der Waals surface area contributed by atoms with Crippen LogP contribution in [0.3, 0.4) is 0 Å². The Morgan fingerprint density at radius 3 is 2.32 bits per heavy atom. The molecule has 0 unspecified atom stereocenters. The van der Waals surface area contributed by atoms with E-state index >= 15 is 0 Å². The summed E-state index contributed by atoms with van der Waals surface area (Å²) in [6.45, 7) is 1.55. The van der Waals surface area contributed by atoms with E-state index in [9.17, 15) is 36.2 Å². The standard InChI is InChI=1S/C15H16F6N2O2/c1-7-2-5-11(12(24)15(19,20)21)23(7)8-3-4-9(13(22)25)10(6-8)14(16,17)18/h3-4,6-7,11-12,24H,2,5H2,1H3,(H2,22,25)/t7-,11-,12+/m1/s1. The maximum absolute atomic E-state index is 13.2. The molecule has 1 aromatic carbocycles. The minimum absolute atomic E-state index is 0.0270. The predicted octanol–water partition coefficient (Wildman–Crippen LogP) is 3.08. The van der Waals surface area contributed by atoms with Gasteiger partial charge in [0.05, 0.1) is 17.2 Å². The third-order valence-electron chi connectivity index (χ3n) is 4.28. The van der Waals surface area contributed by atoms with Crippen LogP contribution < -0.4 is 10.6 Å². The molecule has 140 valence electrons. The molecule has 1 fully saturated rings. The van der Waals surface area contributed by atoms with Crippen LogP contribution in [0.2, 0.25) is 0 Å². The number of hydrogen-bond donors (Lipinski definition) is 2. The summed E-state index contributed by atoms with van der Waals surface area (Å²) < 4.78 is 78.0. The topological polar surface area (TPSA) is 66.6 Å². The van der Waals surface area contributed by atoms with Crippen molar-refractivity contribution in [2.24, 2.45) is 5.73 Å². The van der Waals surface area contributed by atoms with Crippen molar-refractivity contribution in [2.45, 2.75) is 50.3 Å². The number of nitrogens with zero attached hydrogens (tertiary/aromatic N) is 1. The molecule has 0 spiro atoms. The Kier molecular flexibility index (Phi) is 4.95. The van der Waals surface area contributed by atoms with Gasteiger partial charge in [-0.15, -0.1) is 0 Å². The largest absolute Gasteiger partial charge is 0.417 e. The summed E-state index contributed by atoms with van der Waals surface area (Å²) in [6.07, 6.45) is -12.2. The molecule has 1 aromatic rings. The van der Waals surface area contributed by atoms with Crippen molar-refractivity contribution in [3.8, 4) is 0 Å². The molecule has 3 atom stereocenters. The van der Waals surface area contributed by atoms with Gasteiger partial charge in [0.2, 0.25) is 5.91 Å². The molecule has 1 aliphatic rings. The Hall–Kier alpha value is -1.97. The van der Waals surface area contributed by atoms with Crippen molar-refractivity contribution in [1.82, 2.24) is 0 Å². The minimum Gasteiger partial charge on any atom is -0.382 e. The van der Waals surface area contributed by atoms with Crippen LogP contribution >= 0.6 is 0 Å². The zero-order valence-corrected chi connectivity index (χ0v) is 13.0. The highest BCUT2D eigenvalue weighted by molar-refractivity contribution is 5.95. The molecule has 0 bridgehead atoms. The Labute approximate surface area is 139 Å². The molecule has 0 radical (unpaired) electrons. The van der Waals surface area contributed by atoms with Crippen LogP contribution in [0.4, 0.5) is 32.0 Å². The Morgan fingerprint density at radius 2 is 1.84 bits per heavy atom. The number of anilines is 1. The van der Waals surface area contributed by atoms with Crippen molar-refractivity contribution in [2.75, 3.05) is 4.90 Å². The first-order valence-electron chi connectivity index (χ1n) is 7.38. The van der Waals surface area contributed by atoms with E-state index < -0.39 is 47.6 Å².